The lowest BCUT2D eigenvalue weighted by Gasteiger charge is -1.98. The number of rotatable bonds is 2. The average Bonchev–Trinajstić information content (AvgIpc) is 2.33. The van der Waals surface area contributed by atoms with Gasteiger partial charge in [-0.15, -0.1) is 0 Å². The normalized spacial score (nSPS) is 15.6. The molecule has 0 saturated heterocycles. The van der Waals surface area contributed by atoms with Crippen LogP contribution in [0.5, 0.6) is 0 Å². The first-order valence-corrected chi connectivity index (χ1v) is 3.26. The van der Waals surface area contributed by atoms with Gasteiger partial charge in [0.15, 0.2) is 0 Å². The minimum Gasteiger partial charge on any atom is -0.460 e. The number of hydrogen-bond donors (Lipinski definition) is 1. The second kappa shape index (κ2) is 3.12. The van der Waals surface area contributed by atoms with E-state index in [1.54, 1.807) is 6.92 Å². The van der Waals surface area contributed by atoms with Gasteiger partial charge in [-0.25, -0.2) is 4.79 Å². The van der Waals surface area contributed by atoms with Gasteiger partial charge < -0.3 is 4.74 Å². The average molecular weight is 170 g/mol. The zero-order chi connectivity index (χ0) is 9.14. The van der Waals surface area contributed by atoms with E-state index in [9.17, 15) is 14.4 Å². The van der Waals surface area contributed by atoms with Gasteiger partial charge in [0.25, 0.3) is 0 Å². The summed E-state index contributed by atoms with van der Waals surface area (Å²) >= 11 is 0. The summed E-state index contributed by atoms with van der Waals surface area (Å²) in [4.78, 5) is 34.9. The molecule has 0 unspecified atom stereocenters. The zero-order valence-corrected chi connectivity index (χ0v) is 6.29. The molecule has 0 bridgehead atoms. The Labute approximate surface area is 67.6 Å². The summed E-state index contributed by atoms with van der Waals surface area (Å²) in [5.74, 6) is -3.01. The molecule has 0 radical (unpaired) electrons. The minimum absolute atomic E-state index is 0.169. The van der Waals surface area contributed by atoms with E-state index < -0.39 is 17.8 Å². The number of amides is 2. The summed E-state index contributed by atoms with van der Waals surface area (Å²) in [5.41, 5.74) is 0. The molecule has 6 heteroatoms. The highest BCUT2D eigenvalue weighted by Crippen LogP contribution is 1.92. The number of nitrogens with one attached hydrogen (secondary N) is 1. The highest BCUT2D eigenvalue weighted by atomic mass is 16.5. The molecule has 64 valence electrons. The number of amidine groups is 1. The molecule has 1 aliphatic rings. The Bertz CT molecular complexity index is 281. The monoisotopic (exact) mass is 170 g/mol. The van der Waals surface area contributed by atoms with Crippen LogP contribution in [0.4, 0.5) is 0 Å². The van der Waals surface area contributed by atoms with Crippen molar-refractivity contribution in [2.24, 2.45) is 4.99 Å². The summed E-state index contributed by atoms with van der Waals surface area (Å²) in [5, 5.41) is 1.98. The van der Waals surface area contributed by atoms with Crippen LogP contribution in [0.1, 0.15) is 6.92 Å². The molecule has 1 rings (SSSR count). The smallest absolute Gasteiger partial charge is 0.374 e. The number of nitrogens with zero attached hydrogens (tertiary/aromatic N) is 1. The van der Waals surface area contributed by atoms with Gasteiger partial charge in [-0.2, -0.15) is 4.99 Å². The van der Waals surface area contributed by atoms with Crippen molar-refractivity contribution in [3.8, 4) is 0 Å². The highest BCUT2D eigenvalue weighted by molar-refractivity contribution is 6.54. The van der Waals surface area contributed by atoms with Crippen molar-refractivity contribution in [1.29, 1.82) is 0 Å². The predicted molar refractivity (Wildman–Crippen MR) is 37.2 cm³/mol. The lowest BCUT2D eigenvalue weighted by molar-refractivity contribution is -0.136. The molecule has 0 atom stereocenters. The van der Waals surface area contributed by atoms with E-state index in [0.717, 1.165) is 0 Å². The third-order valence-electron chi connectivity index (χ3n) is 1.11. The van der Waals surface area contributed by atoms with Crippen LogP contribution in [0, 0.1) is 0 Å². The van der Waals surface area contributed by atoms with Crippen LogP contribution in [0.25, 0.3) is 0 Å². The fourth-order valence-corrected chi connectivity index (χ4v) is 0.637. The Balaban J connectivity index is 2.67. The SMILES string of the molecule is CCOC(=O)C1=NC(=O)C(=O)N1. The summed E-state index contributed by atoms with van der Waals surface area (Å²) < 4.78 is 4.49. The van der Waals surface area contributed by atoms with Crippen molar-refractivity contribution in [3.63, 3.8) is 0 Å². The van der Waals surface area contributed by atoms with Gasteiger partial charge in [-0.1, -0.05) is 0 Å². The van der Waals surface area contributed by atoms with Gasteiger partial charge in [0.2, 0.25) is 5.84 Å². The molecular formula is C6H6N2O4. The predicted octanol–water partition coefficient (Wildman–Crippen LogP) is -1.40. The van der Waals surface area contributed by atoms with E-state index >= 15 is 0 Å². The second-order valence-corrected chi connectivity index (χ2v) is 1.94. The van der Waals surface area contributed by atoms with Crippen LogP contribution in [0.15, 0.2) is 4.99 Å². The van der Waals surface area contributed by atoms with E-state index in [-0.39, 0.29) is 12.4 Å². The van der Waals surface area contributed by atoms with Gasteiger partial charge in [-0.05, 0) is 6.92 Å². The van der Waals surface area contributed by atoms with Crippen LogP contribution in [0.3, 0.4) is 0 Å². The Kier molecular flexibility index (Phi) is 2.18. The van der Waals surface area contributed by atoms with Crippen molar-refractivity contribution >= 4 is 23.6 Å². The molecule has 0 spiro atoms. The molecular weight excluding hydrogens is 164 g/mol. The largest absolute Gasteiger partial charge is 0.460 e. The lowest BCUT2D eigenvalue weighted by atomic mass is 10.6. The molecule has 0 saturated carbocycles. The van der Waals surface area contributed by atoms with E-state index in [1.807, 2.05) is 5.32 Å². The fourth-order valence-electron chi connectivity index (χ4n) is 0.637. The quantitative estimate of drug-likeness (QED) is 0.408. The molecule has 2 amide bonds. The topological polar surface area (TPSA) is 84.8 Å². The first-order valence-electron chi connectivity index (χ1n) is 3.26. The minimum atomic E-state index is -0.974. The third kappa shape index (κ3) is 1.47. The number of ether oxygens (including phenoxy) is 1. The number of aliphatic imine (C=N–C) groups is 1. The molecule has 1 aliphatic heterocycles. The maximum atomic E-state index is 10.8. The first-order chi connectivity index (χ1) is 5.65. The van der Waals surface area contributed by atoms with E-state index in [0.29, 0.717) is 0 Å². The van der Waals surface area contributed by atoms with Crippen LogP contribution >= 0.6 is 0 Å². The maximum Gasteiger partial charge on any atom is 0.374 e. The molecule has 0 aromatic rings. The third-order valence-corrected chi connectivity index (χ3v) is 1.11. The van der Waals surface area contributed by atoms with Gasteiger partial charge >= 0.3 is 17.8 Å². The summed E-state index contributed by atoms with van der Waals surface area (Å²) in [7, 11) is 0. The van der Waals surface area contributed by atoms with Crippen molar-refractivity contribution in [2.75, 3.05) is 6.61 Å². The van der Waals surface area contributed by atoms with E-state index in [4.69, 9.17) is 0 Å². The Hall–Kier alpha value is -1.72. The van der Waals surface area contributed by atoms with Gasteiger partial charge in [-0.3, -0.25) is 14.9 Å². The molecule has 0 aliphatic carbocycles. The lowest BCUT2D eigenvalue weighted by Crippen LogP contribution is -2.33. The van der Waals surface area contributed by atoms with E-state index in [2.05, 4.69) is 9.73 Å². The standard InChI is InChI=1S/C6H6N2O4/c1-2-12-6(11)3-7-4(9)5(10)8-3/h2H2,1H3,(H,7,8,9,10). The van der Waals surface area contributed by atoms with Gasteiger partial charge in [0.05, 0.1) is 6.61 Å². The zero-order valence-electron chi connectivity index (χ0n) is 6.29. The number of carbonyl (C=O) groups is 3. The van der Waals surface area contributed by atoms with Gasteiger partial charge in [0.1, 0.15) is 0 Å². The summed E-state index contributed by atoms with van der Waals surface area (Å²) in [6, 6.07) is 0. The molecule has 1 N–H and O–H groups in total. The van der Waals surface area contributed by atoms with Crippen LogP contribution in [-0.4, -0.2) is 30.2 Å². The molecule has 0 aromatic carbocycles. The molecule has 12 heavy (non-hydrogen) atoms. The number of hydrogen-bond acceptors (Lipinski definition) is 4. The summed E-state index contributed by atoms with van der Waals surface area (Å²) in [6.45, 7) is 1.78. The maximum absolute atomic E-state index is 10.8. The van der Waals surface area contributed by atoms with E-state index in [1.165, 1.54) is 0 Å². The van der Waals surface area contributed by atoms with Gasteiger partial charge in [0, 0.05) is 0 Å². The first kappa shape index (κ1) is 8.38. The van der Waals surface area contributed by atoms with Crippen molar-refractivity contribution in [1.82, 2.24) is 5.32 Å². The second-order valence-electron chi connectivity index (χ2n) is 1.94. The molecule has 1 heterocycles. The molecule has 0 aromatic heterocycles. The van der Waals surface area contributed by atoms with Crippen molar-refractivity contribution in [2.45, 2.75) is 6.92 Å². The van der Waals surface area contributed by atoms with Crippen LogP contribution in [-0.2, 0) is 19.1 Å². The van der Waals surface area contributed by atoms with Crippen LogP contribution in [0.2, 0.25) is 0 Å². The van der Waals surface area contributed by atoms with Crippen LogP contribution < -0.4 is 5.32 Å². The highest BCUT2D eigenvalue weighted by Gasteiger charge is 2.28. The summed E-state index contributed by atoms with van der Waals surface area (Å²) in [6.07, 6.45) is 0. The number of esters is 1. The number of carbonyl (C=O) groups excluding carboxylic acids is 3. The Morgan fingerprint density at radius 3 is 2.67 bits per heavy atom. The molecule has 6 nitrogen and oxygen atoms in total. The van der Waals surface area contributed by atoms with Crippen molar-refractivity contribution < 1.29 is 19.1 Å². The molecule has 0 fully saturated rings. The Morgan fingerprint density at radius 1 is 1.58 bits per heavy atom. The fraction of sp³-hybridized carbons (Fsp3) is 0.333. The van der Waals surface area contributed by atoms with Crippen molar-refractivity contribution in [3.05, 3.63) is 0 Å². The Morgan fingerprint density at radius 2 is 2.25 bits per heavy atom.